The van der Waals surface area contributed by atoms with Crippen LogP contribution in [-0.2, 0) is 0 Å². The first-order valence-corrected chi connectivity index (χ1v) is 5.00. The summed E-state index contributed by atoms with van der Waals surface area (Å²) >= 11 is 11.8. The number of rotatable bonds is 2. The van der Waals surface area contributed by atoms with Crippen LogP contribution >= 0.6 is 23.2 Å². The summed E-state index contributed by atoms with van der Waals surface area (Å²) in [6, 6.07) is 5.75. The molecule has 1 aromatic heterocycles. The zero-order chi connectivity index (χ0) is 10.8. The summed E-state index contributed by atoms with van der Waals surface area (Å²) in [4.78, 5) is 6.98. The lowest BCUT2D eigenvalue weighted by atomic mass is 10.2. The van der Waals surface area contributed by atoms with Gasteiger partial charge in [0.05, 0.1) is 24.0 Å². The number of hydrogen-bond acceptors (Lipinski definition) is 2. The topological polar surface area (TPSA) is 37.9 Å². The van der Waals surface area contributed by atoms with Crippen molar-refractivity contribution in [2.75, 3.05) is 7.11 Å². The van der Waals surface area contributed by atoms with Gasteiger partial charge in [-0.05, 0) is 18.2 Å². The third-order valence-electron chi connectivity index (χ3n) is 1.97. The van der Waals surface area contributed by atoms with E-state index in [0.717, 1.165) is 11.3 Å². The van der Waals surface area contributed by atoms with Crippen molar-refractivity contribution in [2.24, 2.45) is 0 Å². The second kappa shape index (κ2) is 4.13. The summed E-state index contributed by atoms with van der Waals surface area (Å²) in [7, 11) is 1.55. The van der Waals surface area contributed by atoms with Crippen molar-refractivity contribution in [3.8, 4) is 17.3 Å². The number of nitrogens with zero attached hydrogens (tertiary/aromatic N) is 1. The maximum absolute atomic E-state index is 6.04. The fourth-order valence-electron chi connectivity index (χ4n) is 1.25. The molecule has 0 spiro atoms. The second-order valence-electron chi connectivity index (χ2n) is 2.93. The monoisotopic (exact) mass is 242 g/mol. The van der Waals surface area contributed by atoms with Crippen LogP contribution in [0.25, 0.3) is 11.3 Å². The van der Waals surface area contributed by atoms with Crippen molar-refractivity contribution in [2.45, 2.75) is 0 Å². The van der Waals surface area contributed by atoms with Gasteiger partial charge in [-0.2, -0.15) is 0 Å². The Morgan fingerprint density at radius 1 is 1.33 bits per heavy atom. The predicted molar refractivity (Wildman–Crippen MR) is 60.6 cm³/mol. The van der Waals surface area contributed by atoms with Gasteiger partial charge in [0.15, 0.2) is 0 Å². The number of halogens is 2. The van der Waals surface area contributed by atoms with Crippen LogP contribution in [-0.4, -0.2) is 17.1 Å². The highest BCUT2D eigenvalue weighted by Crippen LogP contribution is 2.29. The number of H-pyrrole nitrogens is 1. The molecule has 0 saturated heterocycles. The predicted octanol–water partition coefficient (Wildman–Crippen LogP) is 3.39. The largest absolute Gasteiger partial charge is 0.468 e. The van der Waals surface area contributed by atoms with E-state index in [9.17, 15) is 0 Å². The third kappa shape index (κ3) is 2.08. The summed E-state index contributed by atoms with van der Waals surface area (Å²) in [5, 5.41) is 1.18. The van der Waals surface area contributed by atoms with E-state index < -0.39 is 0 Å². The van der Waals surface area contributed by atoms with Gasteiger partial charge in [0, 0.05) is 10.6 Å². The Balaban J connectivity index is 2.44. The molecule has 1 heterocycles. The number of aromatic amines is 1. The molecular weight excluding hydrogens is 235 g/mol. The van der Waals surface area contributed by atoms with Crippen LogP contribution in [0.2, 0.25) is 10.0 Å². The van der Waals surface area contributed by atoms with Gasteiger partial charge in [-0.3, -0.25) is 0 Å². The quantitative estimate of drug-likeness (QED) is 0.877. The summed E-state index contributed by atoms with van der Waals surface area (Å²) in [5.41, 5.74) is 1.64. The Morgan fingerprint density at radius 2 is 2.13 bits per heavy atom. The number of benzene rings is 1. The maximum Gasteiger partial charge on any atom is 0.293 e. The van der Waals surface area contributed by atoms with E-state index in [2.05, 4.69) is 9.97 Å². The number of aromatic nitrogens is 2. The van der Waals surface area contributed by atoms with Crippen LogP contribution in [0.3, 0.4) is 0 Å². The molecule has 15 heavy (non-hydrogen) atoms. The fraction of sp³-hybridized carbons (Fsp3) is 0.100. The van der Waals surface area contributed by atoms with E-state index in [1.165, 1.54) is 0 Å². The summed E-state index contributed by atoms with van der Waals surface area (Å²) in [6.07, 6.45) is 1.66. The molecule has 0 aliphatic carbocycles. The van der Waals surface area contributed by atoms with Crippen LogP contribution in [0.5, 0.6) is 6.01 Å². The number of nitrogens with one attached hydrogen (secondary N) is 1. The van der Waals surface area contributed by atoms with E-state index in [1.807, 2.05) is 6.07 Å². The average Bonchev–Trinajstić information content (AvgIpc) is 2.66. The van der Waals surface area contributed by atoms with Gasteiger partial charge in [0.25, 0.3) is 6.01 Å². The van der Waals surface area contributed by atoms with Crippen LogP contribution in [0, 0.1) is 0 Å². The van der Waals surface area contributed by atoms with Crippen LogP contribution in [0.1, 0.15) is 0 Å². The van der Waals surface area contributed by atoms with Crippen molar-refractivity contribution in [3.63, 3.8) is 0 Å². The van der Waals surface area contributed by atoms with Gasteiger partial charge in [-0.25, -0.2) is 4.98 Å². The van der Waals surface area contributed by atoms with Crippen molar-refractivity contribution in [1.29, 1.82) is 0 Å². The standard InChI is InChI=1S/C10H8Cl2N2O/c1-15-10-13-5-9(14-10)7-3-2-6(11)4-8(7)12/h2-5H,1H3,(H,13,14). The Morgan fingerprint density at radius 3 is 2.73 bits per heavy atom. The molecule has 78 valence electrons. The molecule has 0 saturated carbocycles. The summed E-state index contributed by atoms with van der Waals surface area (Å²) in [5.74, 6) is 0. The molecule has 0 aliphatic rings. The normalized spacial score (nSPS) is 10.3. The Labute approximate surface area is 97.0 Å². The lowest BCUT2D eigenvalue weighted by Gasteiger charge is -2.01. The van der Waals surface area contributed by atoms with Gasteiger partial charge in [-0.1, -0.05) is 23.2 Å². The number of imidazole rings is 1. The van der Waals surface area contributed by atoms with Gasteiger partial charge < -0.3 is 9.72 Å². The van der Waals surface area contributed by atoms with Crippen LogP contribution in [0.15, 0.2) is 24.4 Å². The lowest BCUT2D eigenvalue weighted by Crippen LogP contribution is -1.84. The first-order valence-electron chi connectivity index (χ1n) is 4.25. The molecule has 0 radical (unpaired) electrons. The average molecular weight is 243 g/mol. The molecule has 1 aromatic carbocycles. The number of ether oxygens (including phenoxy) is 1. The van der Waals surface area contributed by atoms with Crippen molar-refractivity contribution < 1.29 is 4.74 Å². The SMILES string of the molecule is COc1ncc(-c2ccc(Cl)cc2Cl)[nH]1. The van der Waals surface area contributed by atoms with Gasteiger partial charge in [0.1, 0.15) is 0 Å². The molecule has 0 atom stereocenters. The minimum Gasteiger partial charge on any atom is -0.468 e. The molecule has 2 rings (SSSR count). The molecule has 0 bridgehead atoms. The first-order chi connectivity index (χ1) is 7.20. The summed E-state index contributed by atoms with van der Waals surface area (Å²) in [6.45, 7) is 0. The molecular formula is C10H8Cl2N2O. The molecule has 5 heteroatoms. The van der Waals surface area contributed by atoms with E-state index in [1.54, 1.807) is 25.4 Å². The molecule has 0 fully saturated rings. The maximum atomic E-state index is 6.04. The fourth-order valence-corrected chi connectivity index (χ4v) is 1.76. The van der Waals surface area contributed by atoms with E-state index in [0.29, 0.717) is 16.1 Å². The van der Waals surface area contributed by atoms with Crippen molar-refractivity contribution >= 4 is 23.2 Å². The highest BCUT2D eigenvalue weighted by Gasteiger charge is 2.07. The highest BCUT2D eigenvalue weighted by molar-refractivity contribution is 6.36. The molecule has 2 aromatic rings. The van der Waals surface area contributed by atoms with Gasteiger partial charge in [-0.15, -0.1) is 0 Å². The van der Waals surface area contributed by atoms with E-state index >= 15 is 0 Å². The number of methoxy groups -OCH3 is 1. The van der Waals surface area contributed by atoms with Crippen molar-refractivity contribution in [3.05, 3.63) is 34.4 Å². The van der Waals surface area contributed by atoms with Crippen molar-refractivity contribution in [1.82, 2.24) is 9.97 Å². The second-order valence-corrected chi connectivity index (χ2v) is 3.77. The molecule has 3 nitrogen and oxygen atoms in total. The molecule has 0 unspecified atom stereocenters. The minimum atomic E-state index is 0.455. The zero-order valence-corrected chi connectivity index (χ0v) is 9.43. The van der Waals surface area contributed by atoms with E-state index in [4.69, 9.17) is 27.9 Å². The zero-order valence-electron chi connectivity index (χ0n) is 7.92. The van der Waals surface area contributed by atoms with Crippen LogP contribution < -0.4 is 4.74 Å². The first kappa shape index (κ1) is 10.3. The highest BCUT2D eigenvalue weighted by atomic mass is 35.5. The molecule has 0 amide bonds. The van der Waals surface area contributed by atoms with Gasteiger partial charge >= 0.3 is 0 Å². The Hall–Kier alpha value is -1.19. The Bertz CT molecular complexity index is 482. The molecule has 0 aliphatic heterocycles. The van der Waals surface area contributed by atoms with Gasteiger partial charge in [0.2, 0.25) is 0 Å². The summed E-state index contributed by atoms with van der Waals surface area (Å²) < 4.78 is 4.94. The Kier molecular flexibility index (Phi) is 2.84. The minimum absolute atomic E-state index is 0.455. The smallest absolute Gasteiger partial charge is 0.293 e. The number of hydrogen-bond donors (Lipinski definition) is 1. The van der Waals surface area contributed by atoms with Crippen LogP contribution in [0.4, 0.5) is 0 Å². The third-order valence-corrected chi connectivity index (χ3v) is 2.51. The van der Waals surface area contributed by atoms with E-state index in [-0.39, 0.29) is 0 Å². The molecule has 1 N–H and O–H groups in total. The lowest BCUT2D eigenvalue weighted by molar-refractivity contribution is 0.384.